The molecule has 30 heavy (non-hydrogen) atoms. The molecule has 1 saturated heterocycles. The van der Waals surface area contributed by atoms with Gasteiger partial charge in [-0.1, -0.05) is 24.3 Å². The first-order chi connectivity index (χ1) is 14.2. The molecule has 1 unspecified atom stereocenters. The van der Waals surface area contributed by atoms with Gasteiger partial charge in [-0.15, -0.1) is 0 Å². The lowest BCUT2D eigenvalue weighted by Gasteiger charge is -2.30. The second-order valence-corrected chi connectivity index (χ2v) is 8.71. The first kappa shape index (κ1) is 22.0. The summed E-state index contributed by atoms with van der Waals surface area (Å²) in [6.45, 7) is 10.9. The zero-order valence-electron chi connectivity index (χ0n) is 18.5. The maximum absolute atomic E-state index is 13.1. The number of ether oxygens (including phenoxy) is 1. The van der Waals surface area contributed by atoms with Gasteiger partial charge < -0.3 is 20.3 Å². The minimum absolute atomic E-state index is 0.0357. The molecule has 0 radical (unpaired) electrons. The molecule has 0 bridgehead atoms. The van der Waals surface area contributed by atoms with Crippen LogP contribution < -0.4 is 10.6 Å². The number of carbonyl (C=O) groups is 2. The van der Waals surface area contributed by atoms with Gasteiger partial charge in [0.15, 0.2) is 6.10 Å². The summed E-state index contributed by atoms with van der Waals surface area (Å²) in [5.41, 5.74) is 1.01. The maximum Gasteiger partial charge on any atom is 0.317 e. The highest BCUT2D eigenvalue weighted by Crippen LogP contribution is 2.28. The van der Waals surface area contributed by atoms with Gasteiger partial charge in [0.25, 0.3) is 5.91 Å². The van der Waals surface area contributed by atoms with Gasteiger partial charge in [-0.3, -0.25) is 9.78 Å². The van der Waals surface area contributed by atoms with E-state index in [9.17, 15) is 9.59 Å². The number of nitrogens with zero attached hydrogens (tertiary/aromatic N) is 2. The molecule has 162 valence electrons. The van der Waals surface area contributed by atoms with Gasteiger partial charge in [0.05, 0.1) is 17.8 Å². The molecular formula is C23H32N4O3. The van der Waals surface area contributed by atoms with Crippen LogP contribution in [-0.4, -0.2) is 53.7 Å². The van der Waals surface area contributed by atoms with Crippen LogP contribution in [-0.2, 0) is 15.1 Å². The molecule has 1 aliphatic heterocycles. The van der Waals surface area contributed by atoms with E-state index in [-0.39, 0.29) is 24.5 Å². The normalized spacial score (nSPS) is 17.7. The van der Waals surface area contributed by atoms with Crippen LogP contribution >= 0.6 is 0 Å². The highest BCUT2D eigenvalue weighted by molar-refractivity contribution is 5.87. The zero-order chi connectivity index (χ0) is 21.9. The average molecular weight is 413 g/mol. The van der Waals surface area contributed by atoms with E-state index in [1.165, 1.54) is 0 Å². The fraction of sp³-hybridized carbons (Fsp3) is 0.522. The van der Waals surface area contributed by atoms with E-state index in [0.717, 1.165) is 22.2 Å². The third-order valence-electron chi connectivity index (χ3n) is 5.17. The number of hydrogen-bond donors (Lipinski definition) is 2. The molecule has 1 aromatic heterocycles. The smallest absolute Gasteiger partial charge is 0.317 e. The van der Waals surface area contributed by atoms with Crippen LogP contribution in [0.3, 0.4) is 0 Å². The summed E-state index contributed by atoms with van der Waals surface area (Å²) in [6.07, 6.45) is -0.0243. The van der Waals surface area contributed by atoms with Crippen molar-refractivity contribution in [2.75, 3.05) is 19.7 Å². The molecule has 1 aromatic carbocycles. The van der Waals surface area contributed by atoms with E-state index in [4.69, 9.17) is 9.72 Å². The minimum Gasteiger partial charge on any atom is -0.366 e. The first-order valence-electron chi connectivity index (χ1n) is 10.5. The van der Waals surface area contributed by atoms with E-state index in [0.29, 0.717) is 19.6 Å². The zero-order valence-corrected chi connectivity index (χ0v) is 18.5. The Balaban J connectivity index is 1.79. The summed E-state index contributed by atoms with van der Waals surface area (Å²) in [5, 5.41) is 8.09. The molecule has 1 fully saturated rings. The largest absolute Gasteiger partial charge is 0.366 e. The standard InChI is InChI=1S/C23H32N4O3/c1-15(2)24-22(29)27-11-8-12-30-19(14-27)21(28)26-23(4,5)20-18-10-7-6-9-17(18)13-16(3)25-20/h6-7,9-10,13,15,19H,8,11-12,14H2,1-5H3,(H,24,29)(H,26,28). The lowest BCUT2D eigenvalue weighted by atomic mass is 9.94. The lowest BCUT2D eigenvalue weighted by molar-refractivity contribution is -0.134. The highest BCUT2D eigenvalue weighted by Gasteiger charge is 2.33. The van der Waals surface area contributed by atoms with Crippen LogP contribution in [0, 0.1) is 6.92 Å². The van der Waals surface area contributed by atoms with Gasteiger partial charge in [0.2, 0.25) is 0 Å². The Morgan fingerprint density at radius 3 is 2.73 bits per heavy atom. The van der Waals surface area contributed by atoms with Crippen molar-refractivity contribution in [2.24, 2.45) is 0 Å². The van der Waals surface area contributed by atoms with E-state index in [1.807, 2.05) is 65.0 Å². The second kappa shape index (κ2) is 9.00. The van der Waals surface area contributed by atoms with Gasteiger partial charge in [0, 0.05) is 30.3 Å². The molecule has 7 heteroatoms. The molecule has 2 N–H and O–H groups in total. The number of amides is 3. The van der Waals surface area contributed by atoms with Crippen LogP contribution in [0.1, 0.15) is 45.5 Å². The average Bonchev–Trinajstić information content (AvgIpc) is 2.93. The molecule has 3 rings (SSSR count). The number of aromatic nitrogens is 1. The molecule has 3 amide bonds. The Morgan fingerprint density at radius 2 is 2.00 bits per heavy atom. The van der Waals surface area contributed by atoms with Crippen molar-refractivity contribution in [3.63, 3.8) is 0 Å². The first-order valence-corrected chi connectivity index (χ1v) is 10.5. The number of fused-ring (bicyclic) bond motifs is 1. The molecule has 1 atom stereocenters. The summed E-state index contributed by atoms with van der Waals surface area (Å²) in [5.74, 6) is -0.239. The fourth-order valence-corrected chi connectivity index (χ4v) is 3.76. The number of nitrogens with one attached hydrogen (secondary N) is 2. The number of rotatable bonds is 4. The van der Waals surface area contributed by atoms with Crippen molar-refractivity contribution in [1.29, 1.82) is 0 Å². The van der Waals surface area contributed by atoms with Crippen LogP contribution in [0.5, 0.6) is 0 Å². The Hall–Kier alpha value is -2.67. The van der Waals surface area contributed by atoms with Gasteiger partial charge in [0.1, 0.15) is 0 Å². The third kappa shape index (κ3) is 5.08. The van der Waals surface area contributed by atoms with E-state index >= 15 is 0 Å². The maximum atomic E-state index is 13.1. The number of pyridine rings is 1. The molecule has 2 aromatic rings. The summed E-state index contributed by atoms with van der Waals surface area (Å²) in [6, 6.07) is 9.94. The third-order valence-corrected chi connectivity index (χ3v) is 5.17. The number of hydrogen-bond acceptors (Lipinski definition) is 4. The molecule has 0 aliphatic carbocycles. The lowest BCUT2D eigenvalue weighted by Crippen LogP contribution is -2.52. The van der Waals surface area contributed by atoms with Gasteiger partial charge in [-0.25, -0.2) is 4.79 Å². The molecule has 0 spiro atoms. The Labute approximate surface area is 178 Å². The number of urea groups is 1. The van der Waals surface area contributed by atoms with Crippen molar-refractivity contribution in [1.82, 2.24) is 20.5 Å². The van der Waals surface area contributed by atoms with Crippen molar-refractivity contribution in [3.05, 3.63) is 41.7 Å². The Kier molecular flexibility index (Phi) is 6.61. The quantitative estimate of drug-likeness (QED) is 0.808. The van der Waals surface area contributed by atoms with E-state index in [1.54, 1.807) is 4.90 Å². The Morgan fingerprint density at radius 1 is 1.27 bits per heavy atom. The van der Waals surface area contributed by atoms with Crippen molar-refractivity contribution < 1.29 is 14.3 Å². The van der Waals surface area contributed by atoms with Crippen LogP contribution in [0.2, 0.25) is 0 Å². The molecule has 2 heterocycles. The van der Waals surface area contributed by atoms with Crippen LogP contribution in [0.4, 0.5) is 4.79 Å². The second-order valence-electron chi connectivity index (χ2n) is 8.71. The van der Waals surface area contributed by atoms with E-state index in [2.05, 4.69) is 10.6 Å². The highest BCUT2D eigenvalue weighted by atomic mass is 16.5. The van der Waals surface area contributed by atoms with Gasteiger partial charge in [-0.05, 0) is 52.5 Å². The van der Waals surface area contributed by atoms with Gasteiger partial charge >= 0.3 is 6.03 Å². The summed E-state index contributed by atoms with van der Waals surface area (Å²) < 4.78 is 5.79. The van der Waals surface area contributed by atoms with Crippen LogP contribution in [0.25, 0.3) is 10.8 Å². The number of carbonyl (C=O) groups excluding carboxylic acids is 2. The fourth-order valence-electron chi connectivity index (χ4n) is 3.76. The molecule has 7 nitrogen and oxygen atoms in total. The predicted molar refractivity (Wildman–Crippen MR) is 117 cm³/mol. The summed E-state index contributed by atoms with van der Waals surface area (Å²) >= 11 is 0. The van der Waals surface area contributed by atoms with Crippen molar-refractivity contribution in [2.45, 2.75) is 58.7 Å². The minimum atomic E-state index is -0.722. The van der Waals surface area contributed by atoms with Crippen molar-refractivity contribution in [3.8, 4) is 0 Å². The van der Waals surface area contributed by atoms with E-state index < -0.39 is 11.6 Å². The number of aryl methyl sites for hydroxylation is 1. The molecule has 1 aliphatic rings. The molecule has 0 saturated carbocycles. The topological polar surface area (TPSA) is 83.6 Å². The van der Waals surface area contributed by atoms with Gasteiger partial charge in [-0.2, -0.15) is 0 Å². The molecular weight excluding hydrogens is 380 g/mol. The number of benzene rings is 1. The Bertz CT molecular complexity index is 926. The SMILES string of the molecule is Cc1cc2ccccc2c(C(C)(C)NC(=O)C2CN(C(=O)NC(C)C)CCCO2)n1. The summed E-state index contributed by atoms with van der Waals surface area (Å²) in [4.78, 5) is 32.0. The summed E-state index contributed by atoms with van der Waals surface area (Å²) in [7, 11) is 0. The monoisotopic (exact) mass is 412 g/mol. The van der Waals surface area contributed by atoms with Crippen LogP contribution in [0.15, 0.2) is 30.3 Å². The predicted octanol–water partition coefficient (Wildman–Crippen LogP) is 3.10. The van der Waals surface area contributed by atoms with Crippen molar-refractivity contribution >= 4 is 22.7 Å².